The van der Waals surface area contributed by atoms with Gasteiger partial charge in [-0.25, -0.2) is 9.37 Å². The molecule has 1 fully saturated rings. The molecule has 5 rings (SSSR count). The van der Waals surface area contributed by atoms with Gasteiger partial charge in [-0.2, -0.15) is 0 Å². The zero-order chi connectivity index (χ0) is 25.2. The third-order valence-electron chi connectivity index (χ3n) is 7.24. The van der Waals surface area contributed by atoms with Crippen LogP contribution in [0.15, 0.2) is 46.3 Å². The fourth-order valence-corrected chi connectivity index (χ4v) is 5.70. The Labute approximate surface area is 213 Å². The van der Waals surface area contributed by atoms with Crippen LogP contribution in [0, 0.1) is 17.7 Å². The first-order valence-corrected chi connectivity index (χ1v) is 13.6. The van der Waals surface area contributed by atoms with Crippen molar-refractivity contribution in [3.63, 3.8) is 0 Å². The number of hydrogen-bond donors (Lipinski definition) is 2. The highest BCUT2D eigenvalue weighted by molar-refractivity contribution is 7.98. The Balaban J connectivity index is 1.53. The lowest BCUT2D eigenvalue weighted by Gasteiger charge is -2.32. The average Bonchev–Trinajstić information content (AvgIpc) is 3.56. The van der Waals surface area contributed by atoms with Crippen LogP contribution >= 0.6 is 11.8 Å². The molecule has 2 N–H and O–H groups in total. The number of H-pyrrole nitrogens is 1. The maximum Gasteiger partial charge on any atom is 0.257 e. The molecule has 0 saturated heterocycles. The Morgan fingerprint density at radius 3 is 2.81 bits per heavy atom. The quantitative estimate of drug-likeness (QED) is 0.284. The molecule has 0 spiro atoms. The maximum atomic E-state index is 15.8. The van der Waals surface area contributed by atoms with Crippen molar-refractivity contribution in [2.45, 2.75) is 56.9 Å². The van der Waals surface area contributed by atoms with E-state index in [-0.39, 0.29) is 23.4 Å². The van der Waals surface area contributed by atoms with Gasteiger partial charge in [0.1, 0.15) is 23.2 Å². The van der Waals surface area contributed by atoms with E-state index in [2.05, 4.69) is 27.4 Å². The highest BCUT2D eigenvalue weighted by Gasteiger charge is 2.32. The van der Waals surface area contributed by atoms with E-state index in [1.54, 1.807) is 30.2 Å². The number of benzene rings is 1. The predicted octanol–water partition coefficient (Wildman–Crippen LogP) is 6.33. The topological polar surface area (TPSA) is 96.7 Å². The second-order valence-corrected chi connectivity index (χ2v) is 10.4. The number of imidazole rings is 1. The molecule has 3 aromatic heterocycles. The van der Waals surface area contributed by atoms with Gasteiger partial charge in [0, 0.05) is 28.4 Å². The number of nitrogens with zero attached hydrogens (tertiary/aromatic N) is 3. The van der Waals surface area contributed by atoms with Crippen molar-refractivity contribution in [3.8, 4) is 11.1 Å². The minimum atomic E-state index is -0.395. The molecule has 1 aliphatic rings. The van der Waals surface area contributed by atoms with Crippen LogP contribution in [0.5, 0.6) is 0 Å². The molecule has 0 unspecified atom stereocenters. The zero-order valence-electron chi connectivity index (χ0n) is 20.7. The van der Waals surface area contributed by atoms with Crippen LogP contribution in [0.3, 0.4) is 0 Å². The standard InChI is InChI=1S/C27H30FN5O2S/c1-4-20-19(14-35-33-20)27(34)32-24(16-7-5-15(2)6-8-16)26-30-21-10-9-17(23(28)25(21)31-26)18-13-29-12-11-22(18)36-3/h9-16,24H,4-8H2,1-3H3,(H,30,31)(H,32,34)/t15?,16?,24-/m0/s1. The third kappa shape index (κ3) is 4.64. The molecule has 0 radical (unpaired) electrons. The lowest BCUT2D eigenvalue weighted by molar-refractivity contribution is 0.0903. The summed E-state index contributed by atoms with van der Waals surface area (Å²) in [6.45, 7) is 4.19. The number of hydrogen-bond acceptors (Lipinski definition) is 6. The molecule has 1 amide bonds. The molecule has 4 aromatic rings. The molecule has 1 saturated carbocycles. The van der Waals surface area contributed by atoms with Gasteiger partial charge >= 0.3 is 0 Å². The van der Waals surface area contributed by atoms with Gasteiger partial charge in [-0.1, -0.05) is 31.8 Å². The Morgan fingerprint density at radius 2 is 2.06 bits per heavy atom. The van der Waals surface area contributed by atoms with Gasteiger partial charge in [-0.3, -0.25) is 9.78 Å². The molecule has 0 aliphatic heterocycles. The van der Waals surface area contributed by atoms with E-state index in [0.29, 0.717) is 40.5 Å². The van der Waals surface area contributed by atoms with Gasteiger partial charge in [0.2, 0.25) is 0 Å². The van der Waals surface area contributed by atoms with Crippen LogP contribution in [0.2, 0.25) is 0 Å². The van der Waals surface area contributed by atoms with Crippen molar-refractivity contribution in [3.05, 3.63) is 59.8 Å². The smallest absolute Gasteiger partial charge is 0.257 e. The first-order chi connectivity index (χ1) is 17.5. The van der Waals surface area contributed by atoms with Crippen LogP contribution in [0.25, 0.3) is 22.2 Å². The second kappa shape index (κ2) is 10.4. The summed E-state index contributed by atoms with van der Waals surface area (Å²) >= 11 is 1.55. The highest BCUT2D eigenvalue weighted by atomic mass is 32.2. The molecule has 36 heavy (non-hydrogen) atoms. The van der Waals surface area contributed by atoms with Crippen molar-refractivity contribution in [2.24, 2.45) is 11.8 Å². The number of halogens is 1. The summed E-state index contributed by atoms with van der Waals surface area (Å²) in [5.74, 6) is 0.772. The lowest BCUT2D eigenvalue weighted by atomic mass is 9.79. The van der Waals surface area contributed by atoms with Crippen molar-refractivity contribution in [2.75, 3.05) is 6.26 Å². The molecule has 1 aromatic carbocycles. The summed E-state index contributed by atoms with van der Waals surface area (Å²) in [6, 6.07) is 5.11. The summed E-state index contributed by atoms with van der Waals surface area (Å²) in [5, 5.41) is 7.11. The van der Waals surface area contributed by atoms with Crippen molar-refractivity contribution >= 4 is 28.7 Å². The van der Waals surface area contributed by atoms with Crippen molar-refractivity contribution in [1.29, 1.82) is 0 Å². The van der Waals surface area contributed by atoms with Crippen LogP contribution in [-0.2, 0) is 6.42 Å². The summed E-state index contributed by atoms with van der Waals surface area (Å²) in [4.78, 5) is 26.4. The monoisotopic (exact) mass is 507 g/mol. The second-order valence-electron chi connectivity index (χ2n) is 9.52. The number of amides is 1. The number of nitrogens with one attached hydrogen (secondary N) is 2. The minimum absolute atomic E-state index is 0.194. The van der Waals surface area contributed by atoms with Gasteiger partial charge < -0.3 is 14.8 Å². The van der Waals surface area contributed by atoms with Crippen LogP contribution in [-0.4, -0.2) is 32.3 Å². The van der Waals surface area contributed by atoms with E-state index in [4.69, 9.17) is 9.51 Å². The fraction of sp³-hybridized carbons (Fsp3) is 0.407. The van der Waals surface area contributed by atoms with Crippen LogP contribution in [0.1, 0.15) is 67.4 Å². The molecule has 7 nitrogen and oxygen atoms in total. The number of aromatic amines is 1. The van der Waals surface area contributed by atoms with E-state index in [9.17, 15) is 4.79 Å². The number of carbonyl (C=O) groups is 1. The maximum absolute atomic E-state index is 15.8. The van der Waals surface area contributed by atoms with Gasteiger partial charge in [0.05, 0.1) is 17.3 Å². The summed E-state index contributed by atoms with van der Waals surface area (Å²) in [5.41, 5.74) is 3.11. The van der Waals surface area contributed by atoms with Gasteiger partial charge in [-0.05, 0) is 55.6 Å². The first-order valence-electron chi connectivity index (χ1n) is 12.4. The molecule has 1 atom stereocenters. The fourth-order valence-electron chi connectivity index (χ4n) is 5.13. The van der Waals surface area contributed by atoms with E-state index in [1.807, 2.05) is 25.3 Å². The van der Waals surface area contributed by atoms with Crippen LogP contribution in [0.4, 0.5) is 4.39 Å². The number of pyridine rings is 1. The normalized spacial score (nSPS) is 18.9. The lowest BCUT2D eigenvalue weighted by Crippen LogP contribution is -2.36. The molecular weight excluding hydrogens is 477 g/mol. The summed E-state index contributed by atoms with van der Waals surface area (Å²) in [7, 11) is 0. The van der Waals surface area contributed by atoms with Crippen molar-refractivity contribution < 1.29 is 13.7 Å². The number of rotatable bonds is 7. The molecule has 1 aliphatic carbocycles. The van der Waals surface area contributed by atoms with Gasteiger partial charge in [0.25, 0.3) is 5.91 Å². The largest absolute Gasteiger partial charge is 0.364 e. The molecule has 3 heterocycles. The zero-order valence-corrected chi connectivity index (χ0v) is 21.5. The van der Waals surface area contributed by atoms with Crippen LogP contribution < -0.4 is 5.32 Å². The van der Waals surface area contributed by atoms with Gasteiger partial charge in [-0.15, -0.1) is 11.8 Å². The van der Waals surface area contributed by atoms with E-state index >= 15 is 4.39 Å². The number of carbonyl (C=O) groups excluding carboxylic acids is 1. The Kier molecular flexibility index (Phi) is 7.09. The number of thioether (sulfide) groups is 1. The van der Waals surface area contributed by atoms with Gasteiger partial charge in [0.15, 0.2) is 5.82 Å². The molecule has 0 bridgehead atoms. The Morgan fingerprint density at radius 1 is 1.25 bits per heavy atom. The molecule has 188 valence electrons. The number of aryl methyl sites for hydroxylation is 1. The Hall–Kier alpha value is -3.20. The third-order valence-corrected chi connectivity index (χ3v) is 8.04. The highest BCUT2D eigenvalue weighted by Crippen LogP contribution is 2.38. The first kappa shape index (κ1) is 24.5. The number of fused-ring (bicyclic) bond motifs is 1. The van der Waals surface area contributed by atoms with E-state index in [0.717, 1.165) is 36.1 Å². The molecular formula is C27H30FN5O2S. The average molecular weight is 508 g/mol. The number of aromatic nitrogens is 4. The van der Waals surface area contributed by atoms with Crippen molar-refractivity contribution in [1.82, 2.24) is 25.4 Å². The predicted molar refractivity (Wildman–Crippen MR) is 138 cm³/mol. The van der Waals surface area contributed by atoms with E-state index in [1.165, 1.54) is 6.26 Å². The summed E-state index contributed by atoms with van der Waals surface area (Å²) in [6.07, 6.45) is 11.4. The SMILES string of the molecule is CCc1nocc1C(=O)N[C@H](c1nc2c(F)c(-c3cnccc3SC)ccc2[nH]1)C1CCC(C)CC1. The van der Waals surface area contributed by atoms with E-state index < -0.39 is 5.82 Å². The molecule has 9 heteroatoms. The summed E-state index contributed by atoms with van der Waals surface area (Å²) < 4.78 is 20.9. The Bertz CT molecular complexity index is 1380. The minimum Gasteiger partial charge on any atom is -0.364 e.